The smallest absolute Gasteiger partial charge is 0.191 e. The van der Waals surface area contributed by atoms with Crippen molar-refractivity contribution in [1.82, 2.24) is 10.6 Å². The molecule has 0 aliphatic rings. The number of methoxy groups -OCH3 is 1. The highest BCUT2D eigenvalue weighted by Crippen LogP contribution is 2.12. The minimum atomic E-state index is 0.783. The lowest BCUT2D eigenvalue weighted by Crippen LogP contribution is -2.37. The van der Waals surface area contributed by atoms with Crippen molar-refractivity contribution in [2.75, 3.05) is 20.7 Å². The molecule has 0 fully saturated rings. The van der Waals surface area contributed by atoms with Gasteiger partial charge in [0, 0.05) is 20.1 Å². The topological polar surface area (TPSA) is 45.7 Å². The first kappa shape index (κ1) is 17.9. The highest BCUT2D eigenvalue weighted by atomic mass is 16.5. The number of ether oxygens (including phenoxy) is 1. The van der Waals surface area contributed by atoms with Crippen LogP contribution in [0.15, 0.2) is 53.5 Å². The molecule has 0 saturated carbocycles. The fourth-order valence-corrected chi connectivity index (χ4v) is 2.50. The Labute approximate surface area is 145 Å². The van der Waals surface area contributed by atoms with E-state index in [-0.39, 0.29) is 0 Å². The summed E-state index contributed by atoms with van der Waals surface area (Å²) in [5.74, 6) is 1.74. The zero-order valence-electron chi connectivity index (χ0n) is 14.8. The average Bonchev–Trinajstić information content (AvgIpc) is 2.63. The van der Waals surface area contributed by atoms with Gasteiger partial charge < -0.3 is 15.4 Å². The molecular formula is C20H27N3O. The predicted molar refractivity (Wildman–Crippen MR) is 101 cm³/mol. The molecule has 0 saturated heterocycles. The molecule has 2 N–H and O–H groups in total. The van der Waals surface area contributed by atoms with Crippen molar-refractivity contribution in [3.63, 3.8) is 0 Å². The Kier molecular flexibility index (Phi) is 7.15. The molecule has 2 aromatic rings. The van der Waals surface area contributed by atoms with Gasteiger partial charge in [0.05, 0.1) is 7.11 Å². The normalized spacial score (nSPS) is 11.2. The van der Waals surface area contributed by atoms with Crippen LogP contribution in [-0.2, 0) is 13.0 Å². The van der Waals surface area contributed by atoms with Gasteiger partial charge in [-0.2, -0.15) is 0 Å². The summed E-state index contributed by atoms with van der Waals surface area (Å²) in [6.07, 6.45) is 2.09. The van der Waals surface area contributed by atoms with Crippen molar-refractivity contribution in [3.8, 4) is 5.75 Å². The lowest BCUT2D eigenvalue weighted by molar-refractivity contribution is 0.414. The van der Waals surface area contributed by atoms with Crippen LogP contribution in [0.5, 0.6) is 5.75 Å². The maximum Gasteiger partial charge on any atom is 0.191 e. The van der Waals surface area contributed by atoms with Gasteiger partial charge in [-0.15, -0.1) is 0 Å². The van der Waals surface area contributed by atoms with Crippen molar-refractivity contribution in [2.24, 2.45) is 4.99 Å². The molecule has 4 nitrogen and oxygen atoms in total. The number of hydrogen-bond acceptors (Lipinski definition) is 2. The van der Waals surface area contributed by atoms with Crippen molar-refractivity contribution < 1.29 is 4.74 Å². The third-order valence-corrected chi connectivity index (χ3v) is 4.02. The minimum absolute atomic E-state index is 0.783. The van der Waals surface area contributed by atoms with Crippen LogP contribution in [0.3, 0.4) is 0 Å². The van der Waals surface area contributed by atoms with Crippen LogP contribution in [0, 0.1) is 6.92 Å². The summed E-state index contributed by atoms with van der Waals surface area (Å²) >= 11 is 0. The Balaban J connectivity index is 1.70. The summed E-state index contributed by atoms with van der Waals surface area (Å²) in [5, 5.41) is 6.73. The van der Waals surface area contributed by atoms with E-state index in [1.807, 2.05) is 12.1 Å². The van der Waals surface area contributed by atoms with E-state index < -0.39 is 0 Å². The number of aryl methyl sites for hydroxylation is 2. The first-order chi connectivity index (χ1) is 11.7. The average molecular weight is 325 g/mol. The Hall–Kier alpha value is -2.49. The van der Waals surface area contributed by atoms with Gasteiger partial charge in [-0.1, -0.05) is 36.4 Å². The van der Waals surface area contributed by atoms with Gasteiger partial charge in [0.2, 0.25) is 0 Å². The number of aliphatic imine (C=N–C) groups is 1. The van der Waals surface area contributed by atoms with E-state index >= 15 is 0 Å². The Morgan fingerprint density at radius 1 is 1.04 bits per heavy atom. The van der Waals surface area contributed by atoms with Crippen molar-refractivity contribution in [3.05, 3.63) is 65.2 Å². The van der Waals surface area contributed by atoms with Gasteiger partial charge in [0.15, 0.2) is 5.96 Å². The summed E-state index contributed by atoms with van der Waals surface area (Å²) in [6, 6.07) is 16.6. The molecule has 0 aliphatic heterocycles. The van der Waals surface area contributed by atoms with Crippen LogP contribution in [0.25, 0.3) is 0 Å². The van der Waals surface area contributed by atoms with E-state index in [4.69, 9.17) is 4.74 Å². The molecule has 0 atom stereocenters. The van der Waals surface area contributed by atoms with E-state index in [0.717, 1.165) is 37.6 Å². The third-order valence-electron chi connectivity index (χ3n) is 4.02. The van der Waals surface area contributed by atoms with Gasteiger partial charge in [0.1, 0.15) is 5.75 Å². The number of benzene rings is 2. The van der Waals surface area contributed by atoms with E-state index in [0.29, 0.717) is 0 Å². The van der Waals surface area contributed by atoms with Crippen LogP contribution in [0.2, 0.25) is 0 Å². The van der Waals surface area contributed by atoms with Crippen molar-refractivity contribution >= 4 is 5.96 Å². The molecule has 0 unspecified atom stereocenters. The second-order valence-corrected chi connectivity index (χ2v) is 5.73. The Morgan fingerprint density at radius 2 is 1.79 bits per heavy atom. The van der Waals surface area contributed by atoms with Crippen molar-refractivity contribution in [2.45, 2.75) is 26.3 Å². The molecule has 2 rings (SSSR count). The highest BCUT2D eigenvalue weighted by Gasteiger charge is 2.01. The second-order valence-electron chi connectivity index (χ2n) is 5.73. The third kappa shape index (κ3) is 5.61. The predicted octanol–water partition coefficient (Wildman–Crippen LogP) is 3.30. The second kappa shape index (κ2) is 9.60. The summed E-state index contributed by atoms with van der Waals surface area (Å²) in [7, 11) is 3.49. The zero-order valence-corrected chi connectivity index (χ0v) is 14.8. The molecule has 24 heavy (non-hydrogen) atoms. The molecular weight excluding hydrogens is 298 g/mol. The van der Waals surface area contributed by atoms with Gasteiger partial charge in [-0.25, -0.2) is 0 Å². The molecule has 2 aromatic carbocycles. The van der Waals surface area contributed by atoms with Crippen molar-refractivity contribution in [1.29, 1.82) is 0 Å². The maximum absolute atomic E-state index is 5.18. The number of guanidine groups is 1. The highest BCUT2D eigenvalue weighted by molar-refractivity contribution is 5.79. The van der Waals surface area contributed by atoms with Gasteiger partial charge >= 0.3 is 0 Å². The van der Waals surface area contributed by atoms with Gasteiger partial charge in [0.25, 0.3) is 0 Å². The monoisotopic (exact) mass is 325 g/mol. The van der Waals surface area contributed by atoms with Gasteiger partial charge in [-0.3, -0.25) is 4.99 Å². The zero-order chi connectivity index (χ0) is 17.2. The molecule has 128 valence electrons. The first-order valence-corrected chi connectivity index (χ1v) is 8.35. The number of nitrogens with one attached hydrogen (secondary N) is 2. The van der Waals surface area contributed by atoms with Crippen LogP contribution >= 0.6 is 0 Å². The molecule has 0 amide bonds. The number of nitrogens with zero attached hydrogens (tertiary/aromatic N) is 1. The quantitative estimate of drug-likeness (QED) is 0.466. The summed E-state index contributed by atoms with van der Waals surface area (Å²) in [6.45, 7) is 3.80. The van der Waals surface area contributed by atoms with E-state index in [1.165, 1.54) is 16.7 Å². The molecule has 0 aliphatic carbocycles. The van der Waals surface area contributed by atoms with Crippen LogP contribution in [0.4, 0.5) is 0 Å². The number of rotatable bonds is 7. The molecule has 0 spiro atoms. The fourth-order valence-electron chi connectivity index (χ4n) is 2.50. The molecule has 0 radical (unpaired) electrons. The van der Waals surface area contributed by atoms with Crippen LogP contribution < -0.4 is 15.4 Å². The summed E-state index contributed by atoms with van der Waals surface area (Å²) in [5.41, 5.74) is 3.90. The van der Waals surface area contributed by atoms with E-state index in [2.05, 4.69) is 58.9 Å². The van der Waals surface area contributed by atoms with Gasteiger partial charge in [-0.05, 0) is 48.6 Å². The molecule has 0 aromatic heterocycles. The molecule has 4 heteroatoms. The Bertz CT molecular complexity index is 650. The fraction of sp³-hybridized carbons (Fsp3) is 0.350. The SMILES string of the molecule is CN=C(NCCCc1ccc(OC)cc1)NCc1ccccc1C. The maximum atomic E-state index is 5.18. The minimum Gasteiger partial charge on any atom is -0.497 e. The largest absolute Gasteiger partial charge is 0.497 e. The van der Waals surface area contributed by atoms with E-state index in [9.17, 15) is 0 Å². The number of hydrogen-bond donors (Lipinski definition) is 2. The summed E-state index contributed by atoms with van der Waals surface area (Å²) < 4.78 is 5.18. The standard InChI is InChI=1S/C20H27N3O/c1-16-7-4-5-9-18(16)15-23-20(21-2)22-14-6-8-17-10-12-19(24-3)13-11-17/h4-5,7,9-13H,6,8,14-15H2,1-3H3,(H2,21,22,23). The van der Waals surface area contributed by atoms with Crippen LogP contribution in [-0.4, -0.2) is 26.7 Å². The van der Waals surface area contributed by atoms with Crippen LogP contribution in [0.1, 0.15) is 23.1 Å². The molecule has 0 heterocycles. The first-order valence-electron chi connectivity index (χ1n) is 8.35. The summed E-state index contributed by atoms with van der Waals surface area (Å²) in [4.78, 5) is 4.28. The lowest BCUT2D eigenvalue weighted by Gasteiger charge is -2.13. The molecule has 0 bridgehead atoms. The van der Waals surface area contributed by atoms with E-state index in [1.54, 1.807) is 14.2 Å². The Morgan fingerprint density at radius 3 is 2.46 bits per heavy atom. The lowest BCUT2D eigenvalue weighted by atomic mass is 10.1.